The largest absolute Gasteiger partial charge is 0.482 e. The van der Waals surface area contributed by atoms with Crippen LogP contribution in [0.4, 0.5) is 5.69 Å². The van der Waals surface area contributed by atoms with Crippen molar-refractivity contribution < 1.29 is 9.53 Å². The highest BCUT2D eigenvalue weighted by molar-refractivity contribution is 5.97. The fourth-order valence-corrected chi connectivity index (χ4v) is 4.40. The van der Waals surface area contributed by atoms with Crippen molar-refractivity contribution >= 4 is 11.6 Å². The van der Waals surface area contributed by atoms with Gasteiger partial charge in [-0.25, -0.2) is 0 Å². The number of carbonyl (C=O) groups is 1. The summed E-state index contributed by atoms with van der Waals surface area (Å²) in [7, 11) is 1.81. The number of amides is 1. The zero-order chi connectivity index (χ0) is 21.8. The fraction of sp³-hybridized carbons (Fsp3) is 0.296. The van der Waals surface area contributed by atoms with E-state index in [9.17, 15) is 4.79 Å². The molecule has 4 rings (SSSR count). The third-order valence-corrected chi connectivity index (χ3v) is 6.23. The minimum atomic E-state index is -0.0179. The summed E-state index contributed by atoms with van der Waals surface area (Å²) >= 11 is 0. The molecule has 1 aliphatic rings. The summed E-state index contributed by atoms with van der Waals surface area (Å²) in [6.45, 7) is 5.46. The Labute approximate surface area is 185 Å². The van der Waals surface area contributed by atoms with Crippen LogP contribution in [-0.4, -0.2) is 24.5 Å². The topological polar surface area (TPSA) is 32.8 Å². The lowest BCUT2D eigenvalue weighted by molar-refractivity contribution is -0.120. The lowest BCUT2D eigenvalue weighted by atomic mass is 9.96. The molecule has 0 unspecified atom stereocenters. The van der Waals surface area contributed by atoms with Crippen LogP contribution in [0.2, 0.25) is 0 Å². The van der Waals surface area contributed by atoms with Crippen LogP contribution >= 0.6 is 0 Å². The maximum Gasteiger partial charge on any atom is 0.264 e. The van der Waals surface area contributed by atoms with Crippen LogP contribution in [0.5, 0.6) is 5.75 Å². The number of nitrogens with zero attached hydrogens (tertiary/aromatic N) is 2. The Morgan fingerprint density at radius 3 is 2.32 bits per heavy atom. The first-order valence-corrected chi connectivity index (χ1v) is 11.0. The van der Waals surface area contributed by atoms with Crippen LogP contribution in [0.3, 0.4) is 0 Å². The van der Waals surface area contributed by atoms with Crippen molar-refractivity contribution in [1.82, 2.24) is 4.90 Å². The van der Waals surface area contributed by atoms with Gasteiger partial charge < -0.3 is 9.64 Å². The Kier molecular flexibility index (Phi) is 6.38. The standard InChI is InChI=1S/C27H30N2O2/c1-4-24(23-15-16-25-26(17-23)31-19-27(30)28(25)3)29(18-21-11-7-5-8-12-21)20(2)22-13-9-6-10-14-22/h5-17,20,24H,4,18-19H2,1-3H3/t20-,24-/m0/s1. The number of carbonyl (C=O) groups excluding carboxylic acids is 1. The number of anilines is 1. The monoisotopic (exact) mass is 414 g/mol. The van der Waals surface area contributed by atoms with Gasteiger partial charge in [0.2, 0.25) is 0 Å². The van der Waals surface area contributed by atoms with Crippen LogP contribution in [0, 0.1) is 0 Å². The molecule has 4 nitrogen and oxygen atoms in total. The van der Waals surface area contributed by atoms with Gasteiger partial charge in [-0.2, -0.15) is 0 Å². The number of hydrogen-bond acceptors (Lipinski definition) is 3. The van der Waals surface area contributed by atoms with E-state index >= 15 is 0 Å². The molecule has 3 aromatic rings. The fourth-order valence-electron chi connectivity index (χ4n) is 4.40. The van der Waals surface area contributed by atoms with E-state index in [0.29, 0.717) is 0 Å². The van der Waals surface area contributed by atoms with E-state index in [-0.39, 0.29) is 24.6 Å². The Morgan fingerprint density at radius 1 is 0.968 bits per heavy atom. The van der Waals surface area contributed by atoms with E-state index in [2.05, 4.69) is 91.5 Å². The highest BCUT2D eigenvalue weighted by Gasteiger charge is 2.28. The first-order valence-electron chi connectivity index (χ1n) is 11.0. The maximum atomic E-state index is 12.0. The SMILES string of the molecule is CC[C@@H](c1ccc2c(c1)OCC(=O)N2C)N(Cc1ccccc1)[C@@H](C)c1ccccc1. The normalized spacial score (nSPS) is 15.4. The summed E-state index contributed by atoms with van der Waals surface area (Å²) < 4.78 is 5.77. The Morgan fingerprint density at radius 2 is 1.65 bits per heavy atom. The van der Waals surface area contributed by atoms with Gasteiger partial charge in [-0.05, 0) is 42.2 Å². The predicted octanol–water partition coefficient (Wildman–Crippen LogP) is 5.76. The summed E-state index contributed by atoms with van der Waals surface area (Å²) in [6, 6.07) is 28.0. The van der Waals surface area contributed by atoms with Crippen molar-refractivity contribution in [3.8, 4) is 5.75 Å². The van der Waals surface area contributed by atoms with Crippen molar-refractivity contribution in [2.75, 3.05) is 18.6 Å². The Bertz CT molecular complexity index is 1020. The minimum Gasteiger partial charge on any atom is -0.482 e. The van der Waals surface area contributed by atoms with Crippen LogP contribution in [0.15, 0.2) is 78.9 Å². The summed E-state index contributed by atoms with van der Waals surface area (Å²) in [5, 5.41) is 0. The summed E-state index contributed by atoms with van der Waals surface area (Å²) in [4.78, 5) is 16.2. The number of hydrogen-bond donors (Lipinski definition) is 0. The average molecular weight is 415 g/mol. The molecule has 3 aromatic carbocycles. The van der Waals surface area contributed by atoms with Crippen LogP contribution < -0.4 is 9.64 Å². The van der Waals surface area contributed by atoms with Crippen molar-refractivity contribution in [1.29, 1.82) is 0 Å². The average Bonchev–Trinajstić information content (AvgIpc) is 2.82. The van der Waals surface area contributed by atoms with Crippen molar-refractivity contribution in [3.05, 3.63) is 95.6 Å². The molecule has 0 radical (unpaired) electrons. The Hall–Kier alpha value is -3.11. The highest BCUT2D eigenvalue weighted by atomic mass is 16.5. The predicted molar refractivity (Wildman–Crippen MR) is 125 cm³/mol. The Balaban J connectivity index is 1.71. The molecule has 0 saturated carbocycles. The summed E-state index contributed by atoms with van der Waals surface area (Å²) in [5.74, 6) is 0.765. The van der Waals surface area contributed by atoms with Gasteiger partial charge in [-0.15, -0.1) is 0 Å². The number of likely N-dealkylation sites (N-methyl/N-ethyl adjacent to an activating group) is 1. The molecule has 1 amide bonds. The summed E-state index contributed by atoms with van der Waals surface area (Å²) in [6.07, 6.45) is 0.970. The molecular weight excluding hydrogens is 384 g/mol. The van der Waals surface area contributed by atoms with Gasteiger partial charge in [-0.3, -0.25) is 9.69 Å². The van der Waals surface area contributed by atoms with Gasteiger partial charge in [-0.1, -0.05) is 73.7 Å². The summed E-state index contributed by atoms with van der Waals surface area (Å²) in [5.41, 5.74) is 4.64. The van der Waals surface area contributed by atoms with Gasteiger partial charge in [0.05, 0.1) is 5.69 Å². The van der Waals surface area contributed by atoms with Gasteiger partial charge in [0.15, 0.2) is 6.61 Å². The molecule has 160 valence electrons. The minimum absolute atomic E-state index is 0.0179. The van der Waals surface area contributed by atoms with E-state index in [1.54, 1.807) is 11.9 Å². The molecule has 0 saturated heterocycles. The first kappa shape index (κ1) is 21.1. The van der Waals surface area contributed by atoms with E-state index in [1.807, 2.05) is 6.07 Å². The van der Waals surface area contributed by atoms with Gasteiger partial charge >= 0.3 is 0 Å². The molecule has 4 heteroatoms. The molecular formula is C27H30N2O2. The second-order valence-electron chi connectivity index (χ2n) is 8.14. The third kappa shape index (κ3) is 4.49. The maximum absolute atomic E-state index is 12.0. The van der Waals surface area contributed by atoms with E-state index in [0.717, 1.165) is 24.4 Å². The first-order chi connectivity index (χ1) is 15.1. The molecule has 0 N–H and O–H groups in total. The zero-order valence-electron chi connectivity index (χ0n) is 18.5. The molecule has 1 heterocycles. The third-order valence-electron chi connectivity index (χ3n) is 6.23. The van der Waals surface area contributed by atoms with Crippen molar-refractivity contribution in [3.63, 3.8) is 0 Å². The number of rotatable bonds is 7. The van der Waals surface area contributed by atoms with Crippen molar-refractivity contribution in [2.24, 2.45) is 0 Å². The van der Waals surface area contributed by atoms with Gasteiger partial charge in [0.25, 0.3) is 5.91 Å². The smallest absolute Gasteiger partial charge is 0.264 e. The highest BCUT2D eigenvalue weighted by Crippen LogP contribution is 2.39. The molecule has 0 aromatic heterocycles. The number of fused-ring (bicyclic) bond motifs is 1. The number of ether oxygens (including phenoxy) is 1. The van der Waals surface area contributed by atoms with E-state index in [4.69, 9.17) is 4.74 Å². The quantitative estimate of drug-likeness (QED) is 0.493. The lowest BCUT2D eigenvalue weighted by Crippen LogP contribution is -2.35. The van der Waals surface area contributed by atoms with E-state index in [1.165, 1.54) is 16.7 Å². The molecule has 0 bridgehead atoms. The number of benzene rings is 3. The second kappa shape index (κ2) is 9.36. The lowest BCUT2D eigenvalue weighted by Gasteiger charge is -2.37. The molecule has 0 spiro atoms. The molecule has 2 atom stereocenters. The molecule has 31 heavy (non-hydrogen) atoms. The van der Waals surface area contributed by atoms with Gasteiger partial charge in [0.1, 0.15) is 5.75 Å². The molecule has 0 fully saturated rings. The van der Waals surface area contributed by atoms with E-state index < -0.39 is 0 Å². The zero-order valence-corrected chi connectivity index (χ0v) is 18.5. The van der Waals surface area contributed by atoms with Crippen molar-refractivity contribution in [2.45, 2.75) is 38.9 Å². The molecule has 1 aliphatic heterocycles. The molecule has 0 aliphatic carbocycles. The second-order valence-corrected chi connectivity index (χ2v) is 8.14. The van der Waals surface area contributed by atoms with Crippen LogP contribution in [-0.2, 0) is 11.3 Å². The van der Waals surface area contributed by atoms with Crippen LogP contribution in [0.1, 0.15) is 49.0 Å². The van der Waals surface area contributed by atoms with Crippen LogP contribution in [0.25, 0.3) is 0 Å². The van der Waals surface area contributed by atoms with Gasteiger partial charge in [0, 0.05) is 25.7 Å².